The average Bonchev–Trinajstić information content (AvgIpc) is 2.67. The fourth-order valence-electron chi connectivity index (χ4n) is 6.40. The van der Waals surface area contributed by atoms with Gasteiger partial charge < -0.3 is 9.47 Å². The van der Waals surface area contributed by atoms with E-state index in [9.17, 15) is 31.2 Å². The second-order valence-corrected chi connectivity index (χ2v) is 14.5. The van der Waals surface area contributed by atoms with Gasteiger partial charge in [-0.2, -0.15) is 21.6 Å². The van der Waals surface area contributed by atoms with Crippen LogP contribution in [-0.2, 0) is 24.4 Å². The van der Waals surface area contributed by atoms with E-state index in [1.807, 2.05) is 0 Å². The Morgan fingerprint density at radius 3 is 1.94 bits per heavy atom. The molecule has 1 aromatic carbocycles. The molecule has 14 heteroatoms. The molecule has 0 spiro atoms. The van der Waals surface area contributed by atoms with Crippen LogP contribution in [0, 0.1) is 22.7 Å². The second-order valence-electron chi connectivity index (χ2n) is 10.5. The van der Waals surface area contributed by atoms with Gasteiger partial charge in [0, 0.05) is 4.47 Å². The standard InChI is InChI=1S/C22H22Br3F3O7S/c1-19(22(26,27)28,10-36(31,32)33)35-18(30)21-7-11-2-12(8-21)6-20(5-11,9-21)17(29)34-16-14(24)3-13(23)4-15(16)25/h3-4,11-12H,2,5-10H2,1H3,(H,31,32,33). The number of esters is 2. The van der Waals surface area contributed by atoms with Crippen LogP contribution in [0.1, 0.15) is 45.4 Å². The monoisotopic (exact) mass is 724 g/mol. The van der Waals surface area contributed by atoms with Crippen molar-refractivity contribution in [3.8, 4) is 5.75 Å². The first kappa shape index (κ1) is 28.3. The van der Waals surface area contributed by atoms with Gasteiger partial charge in [0.15, 0.2) is 5.75 Å². The minimum absolute atomic E-state index is 0.0593. The predicted octanol–water partition coefficient (Wildman–Crippen LogP) is 6.22. The third-order valence-corrected chi connectivity index (χ3v) is 10.0. The van der Waals surface area contributed by atoms with Crippen molar-refractivity contribution in [2.45, 2.75) is 57.2 Å². The highest BCUT2D eigenvalue weighted by molar-refractivity contribution is 9.11. The number of hydrogen-bond donors (Lipinski definition) is 1. The molecule has 5 rings (SSSR count). The van der Waals surface area contributed by atoms with Gasteiger partial charge in [0.2, 0.25) is 5.60 Å². The molecule has 4 aliphatic carbocycles. The maximum atomic E-state index is 13.8. The summed E-state index contributed by atoms with van der Waals surface area (Å²) in [5.41, 5.74) is -5.92. The summed E-state index contributed by atoms with van der Waals surface area (Å²) in [6, 6.07) is 3.39. The lowest BCUT2D eigenvalue weighted by Gasteiger charge is -2.59. The lowest BCUT2D eigenvalue weighted by atomic mass is 9.44. The molecule has 4 fully saturated rings. The molecule has 0 heterocycles. The van der Waals surface area contributed by atoms with Crippen molar-refractivity contribution >= 4 is 69.8 Å². The summed E-state index contributed by atoms with van der Waals surface area (Å²) in [5, 5.41) is 0. The molecule has 0 aromatic heterocycles. The van der Waals surface area contributed by atoms with E-state index in [1.54, 1.807) is 12.1 Å². The van der Waals surface area contributed by atoms with E-state index in [0.717, 1.165) is 10.9 Å². The van der Waals surface area contributed by atoms with Crippen LogP contribution in [0.15, 0.2) is 25.6 Å². The van der Waals surface area contributed by atoms with Crippen LogP contribution >= 0.6 is 47.8 Å². The lowest BCUT2D eigenvalue weighted by molar-refractivity contribution is -0.265. The van der Waals surface area contributed by atoms with Gasteiger partial charge in [-0.25, -0.2) is 0 Å². The first-order valence-corrected chi connectivity index (χ1v) is 15.0. The van der Waals surface area contributed by atoms with Crippen LogP contribution in [-0.4, -0.2) is 42.4 Å². The van der Waals surface area contributed by atoms with E-state index < -0.39 is 50.4 Å². The number of hydrogen-bond acceptors (Lipinski definition) is 6. The summed E-state index contributed by atoms with van der Waals surface area (Å²) in [5.74, 6) is -3.55. The van der Waals surface area contributed by atoms with Gasteiger partial charge in [-0.1, -0.05) is 15.9 Å². The number of alkyl halides is 3. The van der Waals surface area contributed by atoms with E-state index in [2.05, 4.69) is 47.8 Å². The zero-order chi connectivity index (χ0) is 26.9. The van der Waals surface area contributed by atoms with E-state index in [1.165, 1.54) is 0 Å². The molecule has 4 bridgehead atoms. The van der Waals surface area contributed by atoms with E-state index in [-0.39, 0.29) is 36.8 Å². The molecule has 0 saturated heterocycles. The second kappa shape index (κ2) is 9.20. The van der Waals surface area contributed by atoms with Gasteiger partial charge in [0.05, 0.1) is 19.8 Å². The summed E-state index contributed by atoms with van der Waals surface area (Å²) in [6.45, 7) is 0.422. The van der Waals surface area contributed by atoms with Crippen molar-refractivity contribution in [2.24, 2.45) is 22.7 Å². The number of rotatable bonds is 6. The van der Waals surface area contributed by atoms with Crippen molar-refractivity contribution in [2.75, 3.05) is 5.75 Å². The lowest BCUT2D eigenvalue weighted by Crippen LogP contribution is -2.61. The van der Waals surface area contributed by atoms with Crippen LogP contribution in [0.2, 0.25) is 0 Å². The molecule has 4 saturated carbocycles. The summed E-state index contributed by atoms with van der Waals surface area (Å²) < 4.78 is 85.4. The molecule has 0 radical (unpaired) electrons. The van der Waals surface area contributed by atoms with Gasteiger partial charge >= 0.3 is 18.1 Å². The fourth-order valence-corrected chi connectivity index (χ4v) is 9.74. The van der Waals surface area contributed by atoms with Gasteiger partial charge in [-0.3, -0.25) is 14.1 Å². The van der Waals surface area contributed by atoms with Crippen LogP contribution in [0.3, 0.4) is 0 Å². The Morgan fingerprint density at radius 1 is 1.03 bits per heavy atom. The van der Waals surface area contributed by atoms with Crippen LogP contribution in [0.4, 0.5) is 13.2 Å². The number of carbonyl (C=O) groups excluding carboxylic acids is 2. The zero-order valence-electron chi connectivity index (χ0n) is 18.8. The van der Waals surface area contributed by atoms with E-state index in [0.29, 0.717) is 28.7 Å². The van der Waals surface area contributed by atoms with E-state index >= 15 is 0 Å². The average molecular weight is 727 g/mol. The first-order valence-electron chi connectivity index (χ1n) is 11.0. The largest absolute Gasteiger partial charge is 0.448 e. The molecular formula is C22H22Br3F3O7S. The highest BCUT2D eigenvalue weighted by Crippen LogP contribution is 2.66. The minimum Gasteiger partial charge on any atom is -0.448 e. The minimum atomic E-state index is -5.25. The molecule has 4 aliphatic rings. The summed E-state index contributed by atoms with van der Waals surface area (Å²) in [4.78, 5) is 26.9. The number of carbonyl (C=O) groups is 2. The SMILES string of the molecule is CC(CS(=O)(=O)O)(OC(=O)C12CC3CC(CC(C(=O)Oc4c(Br)cc(Br)cc4Br)(C3)C1)C2)C(F)(F)F. The molecule has 1 N–H and O–H groups in total. The Labute approximate surface area is 231 Å². The Kier molecular flexibility index (Phi) is 7.23. The molecule has 200 valence electrons. The van der Waals surface area contributed by atoms with E-state index in [4.69, 9.17) is 14.0 Å². The van der Waals surface area contributed by atoms with Crippen molar-refractivity contribution in [3.05, 3.63) is 25.6 Å². The highest BCUT2D eigenvalue weighted by Gasteiger charge is 2.66. The fraction of sp³-hybridized carbons (Fsp3) is 0.636. The maximum absolute atomic E-state index is 13.8. The third kappa shape index (κ3) is 5.26. The topological polar surface area (TPSA) is 107 Å². The van der Waals surface area contributed by atoms with Gasteiger partial charge in [0.25, 0.3) is 10.1 Å². The molecule has 3 unspecified atom stereocenters. The molecule has 0 amide bonds. The Hall–Kier alpha value is -0.700. The van der Waals surface area contributed by atoms with Crippen molar-refractivity contribution in [1.29, 1.82) is 0 Å². The molecule has 36 heavy (non-hydrogen) atoms. The Bertz CT molecular complexity index is 1180. The maximum Gasteiger partial charge on any atom is 0.429 e. The quantitative estimate of drug-likeness (QED) is 0.211. The Morgan fingerprint density at radius 2 is 1.50 bits per heavy atom. The van der Waals surface area contributed by atoms with Crippen molar-refractivity contribution in [1.82, 2.24) is 0 Å². The molecular weight excluding hydrogens is 705 g/mol. The molecule has 7 nitrogen and oxygen atoms in total. The highest BCUT2D eigenvalue weighted by atomic mass is 79.9. The van der Waals surface area contributed by atoms with Gasteiger partial charge in [0.1, 0.15) is 5.75 Å². The van der Waals surface area contributed by atoms with Gasteiger partial charge in [-0.05, 0) is 101 Å². The van der Waals surface area contributed by atoms with Crippen LogP contribution in [0.25, 0.3) is 0 Å². The van der Waals surface area contributed by atoms with Crippen molar-refractivity contribution in [3.63, 3.8) is 0 Å². The van der Waals surface area contributed by atoms with Crippen LogP contribution in [0.5, 0.6) is 5.75 Å². The smallest absolute Gasteiger partial charge is 0.429 e. The van der Waals surface area contributed by atoms with Crippen molar-refractivity contribution < 1.29 is 45.2 Å². The normalized spacial score (nSPS) is 31.1. The van der Waals surface area contributed by atoms with Gasteiger partial charge in [-0.15, -0.1) is 0 Å². The number of benzene rings is 1. The molecule has 3 atom stereocenters. The summed E-state index contributed by atoms with van der Waals surface area (Å²) in [6.07, 6.45) is -3.23. The summed E-state index contributed by atoms with van der Waals surface area (Å²) >= 11 is 10.1. The number of halogens is 6. The molecule has 0 aliphatic heterocycles. The van der Waals surface area contributed by atoms with Crippen LogP contribution < -0.4 is 4.74 Å². The molecule has 1 aromatic rings. The third-order valence-electron chi connectivity index (χ3n) is 7.46. The Balaban J connectivity index is 1.63. The number of ether oxygens (including phenoxy) is 2. The predicted molar refractivity (Wildman–Crippen MR) is 132 cm³/mol. The first-order chi connectivity index (χ1) is 16.4. The summed E-state index contributed by atoms with van der Waals surface area (Å²) in [7, 11) is -5.12. The zero-order valence-corrected chi connectivity index (χ0v) is 24.4.